The zero-order valence-electron chi connectivity index (χ0n) is 18.1. The lowest BCUT2D eigenvalue weighted by Crippen LogP contribution is -2.00. The second-order valence-electron chi connectivity index (χ2n) is 7.95. The van der Waals surface area contributed by atoms with E-state index in [0.717, 1.165) is 33.2 Å². The van der Waals surface area contributed by atoms with Gasteiger partial charge in [0, 0.05) is 36.3 Å². The molecule has 5 rings (SSSR count). The van der Waals surface area contributed by atoms with Crippen LogP contribution < -0.4 is 4.74 Å². The standard InChI is InChI=1S/C26H22ClN3O2/c1-4-25(31)19-12-18(8-5-15(19)2)32-26-28-22-13-20(21(27)14-23(22)29-26)17-7-6-16-9-10-30(3)24(16)11-17/h5-14H,4H2,1-3H3,(H,28,29). The van der Waals surface area contributed by atoms with Crippen LogP contribution in [0, 0.1) is 6.92 Å². The van der Waals surface area contributed by atoms with Gasteiger partial charge in [-0.2, -0.15) is 4.98 Å². The van der Waals surface area contributed by atoms with Crippen LogP contribution in [0.3, 0.4) is 0 Å². The molecule has 0 unspecified atom stereocenters. The number of hydrogen-bond donors (Lipinski definition) is 1. The number of benzene rings is 3. The number of H-pyrrole nitrogens is 1. The number of Topliss-reactive ketones (excluding diaryl/α,β-unsaturated/α-hetero) is 1. The first kappa shape index (κ1) is 20.3. The quantitative estimate of drug-likeness (QED) is 0.295. The van der Waals surface area contributed by atoms with E-state index in [2.05, 4.69) is 38.8 Å². The summed E-state index contributed by atoms with van der Waals surface area (Å²) in [5, 5.41) is 1.82. The first-order chi connectivity index (χ1) is 15.4. The number of ketones is 1. The van der Waals surface area contributed by atoms with E-state index in [1.54, 1.807) is 6.07 Å². The number of aryl methyl sites for hydroxylation is 2. The maximum atomic E-state index is 12.2. The number of hydrogen-bond acceptors (Lipinski definition) is 3. The summed E-state index contributed by atoms with van der Waals surface area (Å²) < 4.78 is 8.02. The molecule has 0 fully saturated rings. The van der Waals surface area contributed by atoms with Gasteiger partial charge in [-0.25, -0.2) is 0 Å². The normalized spacial score (nSPS) is 11.4. The van der Waals surface area contributed by atoms with Crippen LogP contribution in [0.15, 0.2) is 60.8 Å². The van der Waals surface area contributed by atoms with Gasteiger partial charge in [0.05, 0.1) is 16.1 Å². The molecular formula is C26H22ClN3O2. The number of fused-ring (bicyclic) bond motifs is 2. The highest BCUT2D eigenvalue weighted by atomic mass is 35.5. The summed E-state index contributed by atoms with van der Waals surface area (Å²) >= 11 is 6.63. The van der Waals surface area contributed by atoms with Gasteiger partial charge in [0.15, 0.2) is 5.78 Å². The minimum absolute atomic E-state index is 0.0872. The number of halogens is 1. The third-order valence-corrected chi connectivity index (χ3v) is 6.11. The first-order valence-corrected chi connectivity index (χ1v) is 10.9. The summed E-state index contributed by atoms with van der Waals surface area (Å²) in [5.74, 6) is 0.649. The van der Waals surface area contributed by atoms with Gasteiger partial charge in [-0.1, -0.05) is 36.7 Å². The number of carbonyl (C=O) groups is 1. The van der Waals surface area contributed by atoms with Gasteiger partial charge in [-0.3, -0.25) is 4.79 Å². The monoisotopic (exact) mass is 443 g/mol. The van der Waals surface area contributed by atoms with Gasteiger partial charge in [-0.15, -0.1) is 0 Å². The van der Waals surface area contributed by atoms with E-state index in [4.69, 9.17) is 16.3 Å². The van der Waals surface area contributed by atoms with Gasteiger partial charge in [0.25, 0.3) is 6.01 Å². The lowest BCUT2D eigenvalue weighted by atomic mass is 10.0. The topological polar surface area (TPSA) is 59.9 Å². The molecule has 2 aromatic heterocycles. The second kappa shape index (κ2) is 7.84. The Morgan fingerprint density at radius 3 is 2.78 bits per heavy atom. The van der Waals surface area contributed by atoms with Crippen LogP contribution in [0.25, 0.3) is 33.1 Å². The highest BCUT2D eigenvalue weighted by Crippen LogP contribution is 2.34. The van der Waals surface area contributed by atoms with Crippen LogP contribution in [0.4, 0.5) is 0 Å². The van der Waals surface area contributed by atoms with Gasteiger partial charge in [-0.05, 0) is 59.8 Å². The molecule has 0 saturated carbocycles. The van der Waals surface area contributed by atoms with Crippen molar-refractivity contribution in [1.29, 1.82) is 0 Å². The third kappa shape index (κ3) is 3.55. The SMILES string of the molecule is CCC(=O)c1cc(Oc2nc3cc(-c4ccc5ccn(C)c5c4)c(Cl)cc3[nH]2)ccc1C. The molecule has 5 aromatic rings. The number of ether oxygens (including phenoxy) is 1. The first-order valence-electron chi connectivity index (χ1n) is 10.5. The number of carbonyl (C=O) groups excluding carboxylic acids is 1. The van der Waals surface area contributed by atoms with Gasteiger partial charge >= 0.3 is 0 Å². The Morgan fingerprint density at radius 2 is 1.97 bits per heavy atom. The fourth-order valence-corrected chi connectivity index (χ4v) is 4.25. The molecule has 0 atom stereocenters. The van der Waals surface area contributed by atoms with Crippen LogP contribution in [0.2, 0.25) is 5.02 Å². The van der Waals surface area contributed by atoms with Gasteiger partial charge in [0.2, 0.25) is 0 Å². The smallest absolute Gasteiger partial charge is 0.300 e. The van der Waals surface area contributed by atoms with E-state index in [1.807, 2.05) is 51.4 Å². The molecule has 0 aliphatic carbocycles. The molecule has 0 amide bonds. The Hall–Kier alpha value is -3.57. The molecule has 32 heavy (non-hydrogen) atoms. The Kier molecular flexibility index (Phi) is 4.98. The maximum absolute atomic E-state index is 12.2. The lowest BCUT2D eigenvalue weighted by molar-refractivity contribution is 0.0987. The molecule has 0 spiro atoms. The van der Waals surface area contributed by atoms with Crippen LogP contribution in [-0.4, -0.2) is 20.3 Å². The van der Waals surface area contributed by atoms with Crippen molar-refractivity contribution >= 4 is 39.3 Å². The summed E-state index contributed by atoms with van der Waals surface area (Å²) in [6.45, 7) is 3.77. The van der Waals surface area contributed by atoms with Crippen LogP contribution >= 0.6 is 11.6 Å². The number of aromatic nitrogens is 3. The zero-order valence-corrected chi connectivity index (χ0v) is 18.8. The predicted molar refractivity (Wildman–Crippen MR) is 129 cm³/mol. The molecule has 6 heteroatoms. The predicted octanol–water partition coefficient (Wildman–Crippen LogP) is 7.07. The van der Waals surface area contributed by atoms with E-state index in [9.17, 15) is 4.79 Å². The molecule has 1 N–H and O–H groups in total. The van der Waals surface area contributed by atoms with E-state index < -0.39 is 0 Å². The summed E-state index contributed by atoms with van der Waals surface area (Å²) in [6.07, 6.45) is 2.49. The molecule has 0 radical (unpaired) electrons. The van der Waals surface area contributed by atoms with E-state index >= 15 is 0 Å². The summed E-state index contributed by atoms with van der Waals surface area (Å²) in [6, 6.07) is 18.0. The highest BCUT2D eigenvalue weighted by molar-refractivity contribution is 6.34. The van der Waals surface area contributed by atoms with Crippen molar-refractivity contribution in [2.24, 2.45) is 7.05 Å². The molecule has 5 nitrogen and oxygen atoms in total. The molecular weight excluding hydrogens is 422 g/mol. The molecule has 2 heterocycles. The minimum atomic E-state index is 0.0872. The summed E-state index contributed by atoms with van der Waals surface area (Å²) in [4.78, 5) is 19.9. The maximum Gasteiger partial charge on any atom is 0.300 e. The van der Waals surface area contributed by atoms with Crippen molar-refractivity contribution < 1.29 is 9.53 Å². The van der Waals surface area contributed by atoms with Crippen molar-refractivity contribution in [3.05, 3.63) is 76.9 Å². The van der Waals surface area contributed by atoms with Crippen molar-refractivity contribution in [1.82, 2.24) is 14.5 Å². The summed E-state index contributed by atoms with van der Waals surface area (Å²) in [5.41, 5.74) is 6.21. The number of rotatable bonds is 5. The second-order valence-corrected chi connectivity index (χ2v) is 8.35. The number of nitrogens with one attached hydrogen (secondary N) is 1. The Labute approximate surface area is 190 Å². The number of aromatic amines is 1. The molecule has 0 aliphatic rings. The van der Waals surface area contributed by atoms with Gasteiger partial charge < -0.3 is 14.3 Å². The largest absolute Gasteiger partial charge is 0.426 e. The van der Waals surface area contributed by atoms with E-state index in [-0.39, 0.29) is 5.78 Å². The molecule has 0 saturated heterocycles. The van der Waals surface area contributed by atoms with E-state index in [0.29, 0.717) is 28.8 Å². The zero-order chi connectivity index (χ0) is 22.4. The van der Waals surface area contributed by atoms with Crippen molar-refractivity contribution in [3.63, 3.8) is 0 Å². The average molecular weight is 444 g/mol. The lowest BCUT2D eigenvalue weighted by Gasteiger charge is -2.07. The van der Waals surface area contributed by atoms with Crippen LogP contribution in [-0.2, 0) is 7.05 Å². The molecule has 160 valence electrons. The minimum Gasteiger partial charge on any atom is -0.426 e. The Balaban J connectivity index is 1.51. The van der Waals surface area contributed by atoms with Gasteiger partial charge in [0.1, 0.15) is 5.75 Å². The molecule has 0 bridgehead atoms. The number of nitrogens with zero attached hydrogens (tertiary/aromatic N) is 2. The highest BCUT2D eigenvalue weighted by Gasteiger charge is 2.13. The third-order valence-electron chi connectivity index (χ3n) is 5.79. The van der Waals surface area contributed by atoms with Crippen LogP contribution in [0.1, 0.15) is 29.3 Å². The average Bonchev–Trinajstić information content (AvgIpc) is 3.35. The molecule has 3 aromatic carbocycles. The number of imidazole rings is 1. The van der Waals surface area contributed by atoms with Crippen LogP contribution in [0.5, 0.6) is 11.8 Å². The Morgan fingerprint density at radius 1 is 1.12 bits per heavy atom. The van der Waals surface area contributed by atoms with Crippen molar-refractivity contribution in [2.45, 2.75) is 20.3 Å². The fourth-order valence-electron chi connectivity index (χ4n) is 3.97. The van der Waals surface area contributed by atoms with E-state index in [1.165, 1.54) is 5.39 Å². The van der Waals surface area contributed by atoms with Crippen molar-refractivity contribution in [3.8, 4) is 22.9 Å². The summed E-state index contributed by atoms with van der Waals surface area (Å²) in [7, 11) is 2.03. The fraction of sp³-hybridized carbons (Fsp3) is 0.154. The molecule has 0 aliphatic heterocycles. The Bertz CT molecular complexity index is 1500. The van der Waals surface area contributed by atoms with Crippen molar-refractivity contribution in [2.75, 3.05) is 0 Å².